The summed E-state index contributed by atoms with van der Waals surface area (Å²) in [4.78, 5) is 50.1. The van der Waals surface area contributed by atoms with E-state index in [1.54, 1.807) is 31.2 Å². The highest BCUT2D eigenvalue weighted by Crippen LogP contribution is 2.29. The molecule has 0 spiro atoms. The van der Waals surface area contributed by atoms with Crippen LogP contribution in [0.15, 0.2) is 48.5 Å². The Balaban J connectivity index is 1.69. The molecule has 1 aliphatic heterocycles. The fraction of sp³-hybridized carbons (Fsp3) is 0.304. The van der Waals surface area contributed by atoms with Crippen LogP contribution >= 0.6 is 0 Å². The van der Waals surface area contributed by atoms with Gasteiger partial charge in [0.05, 0.1) is 0 Å². The Bertz CT molecular complexity index is 1020. The van der Waals surface area contributed by atoms with Crippen molar-refractivity contribution in [3.63, 3.8) is 0 Å². The van der Waals surface area contributed by atoms with Crippen LogP contribution in [0.5, 0.6) is 0 Å². The van der Waals surface area contributed by atoms with Gasteiger partial charge in [-0.1, -0.05) is 43.7 Å². The smallest absolute Gasteiger partial charge is 0.325 e. The number of anilines is 2. The van der Waals surface area contributed by atoms with Crippen LogP contribution < -0.4 is 16.0 Å². The summed E-state index contributed by atoms with van der Waals surface area (Å²) >= 11 is 0. The van der Waals surface area contributed by atoms with E-state index in [0.717, 1.165) is 23.3 Å². The van der Waals surface area contributed by atoms with Gasteiger partial charge in [-0.25, -0.2) is 4.79 Å². The molecule has 1 fully saturated rings. The molecule has 0 radical (unpaired) electrons. The summed E-state index contributed by atoms with van der Waals surface area (Å²) in [5, 5.41) is 7.98. The monoisotopic (exact) mass is 422 g/mol. The van der Waals surface area contributed by atoms with E-state index in [-0.39, 0.29) is 5.91 Å². The summed E-state index contributed by atoms with van der Waals surface area (Å²) in [5.41, 5.74) is 1.56. The largest absolute Gasteiger partial charge is 0.326 e. The zero-order valence-corrected chi connectivity index (χ0v) is 17.8. The third-order valence-electron chi connectivity index (χ3n) is 5.11. The molecule has 31 heavy (non-hydrogen) atoms. The first-order valence-corrected chi connectivity index (χ1v) is 10.1. The van der Waals surface area contributed by atoms with Gasteiger partial charge in [0.15, 0.2) is 0 Å². The van der Waals surface area contributed by atoms with E-state index in [4.69, 9.17) is 0 Å². The lowest BCUT2D eigenvalue weighted by atomic mass is 9.91. The van der Waals surface area contributed by atoms with Crippen molar-refractivity contribution in [2.24, 2.45) is 0 Å². The molecule has 2 aromatic rings. The lowest BCUT2D eigenvalue weighted by molar-refractivity contribution is -0.133. The van der Waals surface area contributed by atoms with Gasteiger partial charge in [-0.05, 0) is 42.7 Å². The first kappa shape index (κ1) is 22.0. The molecule has 0 aliphatic carbocycles. The van der Waals surface area contributed by atoms with Crippen molar-refractivity contribution in [2.45, 2.75) is 39.2 Å². The lowest BCUT2D eigenvalue weighted by Crippen LogP contribution is -2.42. The fourth-order valence-corrected chi connectivity index (χ4v) is 3.55. The van der Waals surface area contributed by atoms with E-state index in [1.165, 1.54) is 6.92 Å². The van der Waals surface area contributed by atoms with Crippen LogP contribution in [-0.2, 0) is 26.3 Å². The minimum atomic E-state index is -1.23. The first-order valence-electron chi connectivity index (χ1n) is 10.1. The molecule has 1 saturated heterocycles. The van der Waals surface area contributed by atoms with Crippen LogP contribution in [0.25, 0.3) is 0 Å². The molecule has 8 heteroatoms. The Morgan fingerprint density at radius 1 is 1.03 bits per heavy atom. The first-order chi connectivity index (χ1) is 14.7. The van der Waals surface area contributed by atoms with Crippen molar-refractivity contribution >= 4 is 35.1 Å². The van der Waals surface area contributed by atoms with E-state index in [2.05, 4.69) is 22.9 Å². The average Bonchev–Trinajstić information content (AvgIpc) is 2.92. The standard InChI is InChI=1S/C23H26N4O4/c1-4-6-16-9-11-17(12-10-16)23(3)21(30)27(22(31)26-23)14-20(29)25-19-8-5-7-18(13-19)24-15(2)28/h5,7-13H,4,6,14H2,1-3H3,(H,24,28)(H,25,29)(H,26,31)/t23-/m0/s1. The summed E-state index contributed by atoms with van der Waals surface area (Å²) < 4.78 is 0. The van der Waals surface area contributed by atoms with Gasteiger partial charge in [0.1, 0.15) is 12.1 Å². The second-order valence-electron chi connectivity index (χ2n) is 7.70. The number of benzene rings is 2. The molecule has 1 atom stereocenters. The number of imide groups is 1. The van der Waals surface area contributed by atoms with Crippen molar-refractivity contribution in [1.82, 2.24) is 10.2 Å². The van der Waals surface area contributed by atoms with Gasteiger partial charge >= 0.3 is 6.03 Å². The highest BCUT2D eigenvalue weighted by atomic mass is 16.2. The van der Waals surface area contributed by atoms with Gasteiger partial charge in [0, 0.05) is 18.3 Å². The fourth-order valence-electron chi connectivity index (χ4n) is 3.55. The van der Waals surface area contributed by atoms with Crippen LogP contribution in [0.3, 0.4) is 0 Å². The van der Waals surface area contributed by atoms with Gasteiger partial charge in [-0.15, -0.1) is 0 Å². The van der Waals surface area contributed by atoms with Crippen LogP contribution in [0.2, 0.25) is 0 Å². The van der Waals surface area contributed by atoms with Crippen molar-refractivity contribution in [3.8, 4) is 0 Å². The van der Waals surface area contributed by atoms with Crippen LogP contribution in [0, 0.1) is 0 Å². The predicted molar refractivity (Wildman–Crippen MR) is 117 cm³/mol. The van der Waals surface area contributed by atoms with Crippen molar-refractivity contribution in [2.75, 3.05) is 17.2 Å². The number of amides is 5. The van der Waals surface area contributed by atoms with E-state index in [1.807, 2.05) is 24.3 Å². The second-order valence-corrected chi connectivity index (χ2v) is 7.70. The van der Waals surface area contributed by atoms with Crippen LogP contribution in [-0.4, -0.2) is 35.2 Å². The third kappa shape index (κ3) is 4.91. The Hall–Kier alpha value is -3.68. The number of rotatable bonds is 7. The molecule has 2 aromatic carbocycles. The number of urea groups is 1. The topological polar surface area (TPSA) is 108 Å². The second kappa shape index (κ2) is 8.99. The average molecular weight is 422 g/mol. The summed E-state index contributed by atoms with van der Waals surface area (Å²) in [6.45, 7) is 4.70. The van der Waals surface area contributed by atoms with Gasteiger partial charge in [0.25, 0.3) is 5.91 Å². The van der Waals surface area contributed by atoms with Crippen LogP contribution in [0.1, 0.15) is 38.3 Å². The maximum Gasteiger partial charge on any atom is 0.325 e. The zero-order valence-electron chi connectivity index (χ0n) is 17.8. The Kier molecular flexibility index (Phi) is 6.39. The highest BCUT2D eigenvalue weighted by molar-refractivity contribution is 6.10. The summed E-state index contributed by atoms with van der Waals surface area (Å²) in [5.74, 6) is -1.24. The zero-order chi connectivity index (χ0) is 22.6. The maximum absolute atomic E-state index is 13.0. The summed E-state index contributed by atoms with van der Waals surface area (Å²) in [6, 6.07) is 13.5. The number of hydrogen-bond acceptors (Lipinski definition) is 4. The molecule has 0 saturated carbocycles. The minimum absolute atomic E-state index is 0.232. The molecule has 5 amide bonds. The molecule has 0 unspecified atom stereocenters. The number of carbonyl (C=O) groups excluding carboxylic acids is 4. The van der Waals surface area contributed by atoms with Crippen molar-refractivity contribution in [1.29, 1.82) is 0 Å². The summed E-state index contributed by atoms with van der Waals surface area (Å²) in [7, 11) is 0. The van der Waals surface area contributed by atoms with Gasteiger partial charge in [0.2, 0.25) is 11.8 Å². The molecule has 8 nitrogen and oxygen atoms in total. The molecule has 3 rings (SSSR count). The van der Waals surface area contributed by atoms with Crippen molar-refractivity contribution < 1.29 is 19.2 Å². The van der Waals surface area contributed by atoms with Gasteiger partial charge in [-0.2, -0.15) is 0 Å². The quantitative estimate of drug-likeness (QED) is 0.596. The van der Waals surface area contributed by atoms with E-state index in [0.29, 0.717) is 16.9 Å². The lowest BCUT2D eigenvalue weighted by Gasteiger charge is -2.22. The predicted octanol–water partition coefficient (Wildman–Crippen LogP) is 3.00. The Labute approximate surface area is 181 Å². The van der Waals surface area contributed by atoms with Gasteiger partial charge < -0.3 is 16.0 Å². The molecular formula is C23H26N4O4. The van der Waals surface area contributed by atoms with E-state index in [9.17, 15) is 19.2 Å². The Morgan fingerprint density at radius 2 is 1.68 bits per heavy atom. The molecule has 1 aliphatic rings. The number of aryl methyl sites for hydroxylation is 1. The molecule has 3 N–H and O–H groups in total. The molecule has 162 valence electrons. The molecule has 0 bridgehead atoms. The third-order valence-corrected chi connectivity index (χ3v) is 5.11. The SMILES string of the molecule is CCCc1ccc([C@]2(C)NC(=O)N(CC(=O)Nc3cccc(NC(C)=O)c3)C2=O)cc1. The van der Waals surface area contributed by atoms with E-state index >= 15 is 0 Å². The number of carbonyl (C=O) groups is 4. The molecule has 0 aromatic heterocycles. The summed E-state index contributed by atoms with van der Waals surface area (Å²) in [6.07, 6.45) is 1.95. The van der Waals surface area contributed by atoms with Crippen molar-refractivity contribution in [3.05, 3.63) is 59.7 Å². The number of nitrogens with zero attached hydrogens (tertiary/aromatic N) is 1. The highest BCUT2D eigenvalue weighted by Gasteiger charge is 2.49. The molecular weight excluding hydrogens is 396 g/mol. The minimum Gasteiger partial charge on any atom is -0.326 e. The van der Waals surface area contributed by atoms with Crippen LogP contribution in [0.4, 0.5) is 16.2 Å². The maximum atomic E-state index is 13.0. The Morgan fingerprint density at radius 3 is 2.29 bits per heavy atom. The van der Waals surface area contributed by atoms with E-state index < -0.39 is 29.9 Å². The molecule has 1 heterocycles. The van der Waals surface area contributed by atoms with Gasteiger partial charge in [-0.3, -0.25) is 19.3 Å². The normalized spacial score (nSPS) is 18.0. The number of nitrogens with one attached hydrogen (secondary N) is 3. The number of hydrogen-bond donors (Lipinski definition) is 3.